The summed E-state index contributed by atoms with van der Waals surface area (Å²) in [4.78, 5) is 84.8. The van der Waals surface area contributed by atoms with E-state index < -0.39 is 184 Å². The molecule has 4 N–H and O–H groups in total. The van der Waals surface area contributed by atoms with Crippen molar-refractivity contribution >= 4 is 54.9 Å². The number of aromatic amines is 3. The van der Waals surface area contributed by atoms with Gasteiger partial charge in [-0.25, -0.2) is 18.4 Å². The second-order valence-corrected chi connectivity index (χ2v) is 44.6. The van der Waals surface area contributed by atoms with Gasteiger partial charge in [0.2, 0.25) is 6.29 Å². The summed E-state index contributed by atoms with van der Waals surface area (Å²) >= 11 is 0. The zero-order chi connectivity index (χ0) is 84.9. The van der Waals surface area contributed by atoms with Gasteiger partial charge in [0.1, 0.15) is 46.9 Å². The Bertz CT molecular complexity index is 3880. The molecular formula is C73H133BF8N4NaO26P4. The summed E-state index contributed by atoms with van der Waals surface area (Å²) in [5.41, 5.74) is -11.6. The maximum Gasteiger partial charge on any atom is 1.00 e. The summed E-state index contributed by atoms with van der Waals surface area (Å²) in [6.45, 7) is 37.2. The van der Waals surface area contributed by atoms with E-state index in [-0.39, 0.29) is 143 Å². The van der Waals surface area contributed by atoms with Crippen LogP contribution in [0.1, 0.15) is 185 Å². The van der Waals surface area contributed by atoms with Gasteiger partial charge in [-0.2, -0.15) is 26.3 Å². The normalized spacial score (nSPS) is 29.9. The number of aryl methyl sites for hydroxylation is 2. The molecule has 44 heteroatoms. The van der Waals surface area contributed by atoms with Gasteiger partial charge in [-0.05, 0) is 115 Å². The molecule has 8 aliphatic heterocycles. The molecule has 8 fully saturated rings. The van der Waals surface area contributed by atoms with Crippen LogP contribution < -0.4 is 52.1 Å². The number of hydrogen-bond donors (Lipinski definition) is 4. The summed E-state index contributed by atoms with van der Waals surface area (Å²) in [6.07, 6.45) is -9.68. The number of carbonyl (C=O) groups is 3. The fraction of sp³-hybridized carbons (Fsp3) is 0.849. The largest absolute Gasteiger partial charge is 1.00 e. The predicted molar refractivity (Wildman–Crippen MR) is 426 cm³/mol. The molecule has 30 nitrogen and oxygen atoms in total. The minimum Gasteiger partial charge on any atom is -1.00 e. The Hall–Kier alpha value is -3.29. The number of aliphatic hydroxyl groups is 1. The first-order valence-electron chi connectivity index (χ1n) is 35.4. The molecule has 0 aromatic carbocycles. The molecule has 0 aliphatic carbocycles. The standard InChI is InChI=1S/C16H23F2N2O6P.C13H21F2O6P.C12H21F2O4P.C10H18O3.C9H16O4.C5H6N2O2.C3H7F2OP.5CH4.B.Na.H/c1-8-7-20(15(23)19-13(8)22)14-12(25-10(3)21)9(2)11(26-14)6-16(17,18)27(4,5)24;1-7-10(6-13(14,15)22(4,5)18)21-12(20-9(3)17)11(7)19-8(2)16;1-7-8(6-12(13,14)19(4,5)15)16-10-9(7)17-11(2,3)18-10;1-5-7-6(2)8-9(11-7)13-10(3,4)12-8;1-5-6(4-10)11-8-7(5)12-9(2,3)13-8;1-3-2-6-5(9)7-4(3)8;1-7(2,6)3(4)5;;;;;;;;/h7,9,11-12,14H,6H2,1-5H3,(H,19,22,23);7,10-12H,6H2,1-5H3;7-10H,6H2,1-5H3;6-9H,5H2,1-4H3;5-8,10H,4H2,1-3H3;2H,1H3,(H2,6,7,8,9);3H,1-2H3;5*1H4;;;/q;;;;;;;;;;;;;+1;-1/t9-,11-,12-,14-;7-,10-,11-,12?;7-,8-,9-,10-;6-,7-,8-,9-;5-,6-,7-,8-;;;;;;;;;;/m11111........../s1. The third-order valence-electron chi connectivity index (χ3n) is 19.0. The van der Waals surface area contributed by atoms with Crippen molar-refractivity contribution < 1.29 is 170 Å². The van der Waals surface area contributed by atoms with E-state index in [1.807, 2.05) is 34.6 Å². The van der Waals surface area contributed by atoms with Crippen LogP contribution in [0.25, 0.3) is 0 Å². The average molecular weight is 1790 g/mol. The van der Waals surface area contributed by atoms with E-state index in [1.165, 1.54) is 19.3 Å². The van der Waals surface area contributed by atoms with Crippen molar-refractivity contribution in [2.45, 2.75) is 313 Å². The topological polar surface area (TPSA) is 390 Å². The van der Waals surface area contributed by atoms with Crippen LogP contribution in [0, 0.1) is 43.4 Å². The molecule has 8 saturated heterocycles. The maximum absolute atomic E-state index is 14.3. The van der Waals surface area contributed by atoms with E-state index in [0.29, 0.717) is 17.6 Å². The molecule has 3 radical (unpaired) electrons. The summed E-state index contributed by atoms with van der Waals surface area (Å²) in [6, 6.07) is 0. The van der Waals surface area contributed by atoms with Crippen LogP contribution >= 0.6 is 28.6 Å². The molecule has 0 bridgehead atoms. The molecule has 0 saturated carbocycles. The van der Waals surface area contributed by atoms with Crippen molar-refractivity contribution in [3.63, 3.8) is 0 Å². The molecule has 20 atom stereocenters. The summed E-state index contributed by atoms with van der Waals surface area (Å²) in [5.74, 6) is -4.67. The zero-order valence-corrected chi connectivity index (χ0v) is 73.9. The molecule has 0 spiro atoms. The number of halogens is 8. The number of nitrogens with zero attached hydrogens (tertiary/aromatic N) is 1. The number of alkyl halides is 8. The molecule has 8 aliphatic rings. The van der Waals surface area contributed by atoms with Crippen molar-refractivity contribution in [1.29, 1.82) is 0 Å². The Morgan fingerprint density at radius 2 is 0.838 bits per heavy atom. The van der Waals surface area contributed by atoms with Gasteiger partial charge >= 0.3 is 58.8 Å². The molecule has 10 heterocycles. The first-order chi connectivity index (χ1) is 49.7. The van der Waals surface area contributed by atoms with Gasteiger partial charge in [0, 0.05) is 102 Å². The van der Waals surface area contributed by atoms with E-state index in [1.54, 1.807) is 41.5 Å². The van der Waals surface area contributed by atoms with E-state index in [2.05, 4.69) is 28.8 Å². The molecular weight excluding hydrogens is 1660 g/mol. The Labute approximate surface area is 709 Å². The second kappa shape index (κ2) is 46.6. The molecule has 2 aromatic heterocycles. The molecule has 2 aromatic rings. The smallest absolute Gasteiger partial charge is 1.00 e. The first-order valence-corrected chi connectivity index (χ1v) is 45.9. The van der Waals surface area contributed by atoms with E-state index >= 15 is 0 Å². The number of H-pyrrole nitrogens is 3. The van der Waals surface area contributed by atoms with Crippen LogP contribution in [-0.2, 0) is 99.0 Å². The molecule has 117 heavy (non-hydrogen) atoms. The number of ether oxygens (including phenoxy) is 14. The number of aromatic nitrogens is 4. The minimum absolute atomic E-state index is 0. The van der Waals surface area contributed by atoms with Crippen LogP contribution in [0.3, 0.4) is 0 Å². The molecule has 1 unspecified atom stereocenters. The Kier molecular flexibility index (Phi) is 47.8. The molecule has 10 rings (SSSR count). The fourth-order valence-corrected chi connectivity index (χ4v) is 13.9. The van der Waals surface area contributed by atoms with Crippen molar-refractivity contribution in [2.75, 3.05) is 59.9 Å². The Morgan fingerprint density at radius 3 is 1.16 bits per heavy atom. The van der Waals surface area contributed by atoms with Crippen LogP contribution in [0.15, 0.2) is 31.6 Å². The Balaban J connectivity index is -0.000000430. The van der Waals surface area contributed by atoms with Crippen LogP contribution in [0.2, 0.25) is 0 Å². The number of fused-ring (bicyclic) bond motifs is 3. The number of nitrogens with one attached hydrogen (secondary N) is 3. The van der Waals surface area contributed by atoms with E-state index in [4.69, 9.17) is 71.4 Å². The van der Waals surface area contributed by atoms with Gasteiger partial charge < -0.3 is 96.1 Å². The first kappa shape index (κ1) is 120. The van der Waals surface area contributed by atoms with Crippen LogP contribution in [0.5, 0.6) is 0 Å². The van der Waals surface area contributed by atoms with Gasteiger partial charge in [-0.15, -0.1) is 0 Å². The summed E-state index contributed by atoms with van der Waals surface area (Å²) in [5, 5.41) is 8.99. The number of esters is 3. The van der Waals surface area contributed by atoms with Gasteiger partial charge in [0.05, 0.1) is 37.1 Å². The monoisotopic (exact) mass is 1790 g/mol. The van der Waals surface area contributed by atoms with E-state index in [0.717, 1.165) is 85.1 Å². The average Bonchev–Trinajstić information content (AvgIpc) is 1.61. The van der Waals surface area contributed by atoms with E-state index in [9.17, 15) is 86.9 Å². The van der Waals surface area contributed by atoms with Crippen LogP contribution in [0.4, 0.5) is 35.1 Å². The number of rotatable bonds is 16. The third kappa shape index (κ3) is 33.3. The quantitative estimate of drug-likeness (QED) is 0.0399. The van der Waals surface area contributed by atoms with Gasteiger partial charge in [-0.3, -0.25) is 38.5 Å². The van der Waals surface area contributed by atoms with Crippen LogP contribution in [-0.4, -0.2) is 238 Å². The second-order valence-electron chi connectivity index (χ2n) is 31.3. The van der Waals surface area contributed by atoms with Crippen molar-refractivity contribution in [3.05, 3.63) is 65.2 Å². The van der Waals surface area contributed by atoms with Crippen molar-refractivity contribution in [3.8, 4) is 0 Å². The van der Waals surface area contributed by atoms with Crippen molar-refractivity contribution in [2.24, 2.45) is 29.6 Å². The maximum atomic E-state index is 14.3. The molecule has 0 amide bonds. The predicted octanol–water partition coefficient (Wildman–Crippen LogP) is 11.0. The van der Waals surface area contributed by atoms with Crippen molar-refractivity contribution in [1.82, 2.24) is 19.5 Å². The molecule has 681 valence electrons. The van der Waals surface area contributed by atoms with Gasteiger partial charge in [-0.1, -0.05) is 78.7 Å². The summed E-state index contributed by atoms with van der Waals surface area (Å²) in [7, 11) is -14.0. The number of carbonyl (C=O) groups excluding carboxylic acids is 3. The summed E-state index contributed by atoms with van der Waals surface area (Å²) < 4.78 is 230. The minimum atomic E-state index is -3.75. The van der Waals surface area contributed by atoms with Gasteiger partial charge in [0.15, 0.2) is 54.7 Å². The Morgan fingerprint density at radius 1 is 0.521 bits per heavy atom. The fourth-order valence-electron chi connectivity index (χ4n) is 12.1. The number of aliphatic hydroxyl groups excluding tert-OH is 1. The van der Waals surface area contributed by atoms with Gasteiger partial charge in [0.25, 0.3) is 34.3 Å². The SMILES string of the molecule is C.C.C.C.C.CC(=O)OC1O[C@H](CC(F)(F)P(C)(C)=O)[C@@H](C)[C@H]1OC(C)=O.CC(=O)O[C@@H]1[C@H](C)[C@@H](CC(F)(F)P(C)(C)=O)O[C@H]1n1cc(C)c(=O)[nH]c1=O.CC[C@H]1O[C@@H]2OC(C)(C)O[C@@H]2[C@@H]1C.CP(C)(=O)C(F)F.C[C@H]1[C@H]2OC(C)(C)O[C@H]2O[C@@H]1CC(F)(F)P(C)(C)=O.C[C@H]1[C@H]2OC(C)(C)O[C@H]2O[C@@H]1CO.Cc1c[nH]c(=O)[nH]c1=O.[B].[H-].[Na+]. The zero-order valence-electron chi connectivity index (χ0n) is 69.3. The number of hydrogen-bond acceptors (Lipinski definition) is 26. The third-order valence-corrected chi connectivity index (χ3v) is 25.2.